The second-order valence-electron chi connectivity index (χ2n) is 3.71. The summed E-state index contributed by atoms with van der Waals surface area (Å²) in [4.78, 5) is 2.63. The van der Waals surface area contributed by atoms with E-state index in [1.54, 1.807) is 0 Å². The first kappa shape index (κ1) is 9.79. The molecule has 1 heterocycles. The highest BCUT2D eigenvalue weighted by molar-refractivity contribution is 4.82. The first-order valence-electron chi connectivity index (χ1n) is 5.23. The van der Waals surface area contributed by atoms with Crippen molar-refractivity contribution in [2.75, 3.05) is 13.1 Å². The molecule has 1 aliphatic heterocycles. The van der Waals surface area contributed by atoms with Gasteiger partial charge < -0.3 is 4.90 Å². The van der Waals surface area contributed by atoms with Gasteiger partial charge in [0.05, 0.1) is 0 Å². The normalized spacial score (nSPS) is 21.1. The molecule has 1 saturated heterocycles. The van der Waals surface area contributed by atoms with Crippen LogP contribution in [-0.2, 0) is 0 Å². The smallest absolute Gasteiger partial charge is 0.0129 e. The molecule has 1 nitrogen and oxygen atoms in total. The predicted molar refractivity (Wildman–Crippen MR) is 54.3 cm³/mol. The van der Waals surface area contributed by atoms with Gasteiger partial charge >= 0.3 is 0 Å². The molecule has 0 saturated carbocycles. The monoisotopic (exact) mass is 167 g/mol. The van der Waals surface area contributed by atoms with Gasteiger partial charge in [0.25, 0.3) is 0 Å². The van der Waals surface area contributed by atoms with E-state index < -0.39 is 0 Å². The Balaban J connectivity index is 2.33. The molecule has 1 fully saturated rings. The quantitative estimate of drug-likeness (QED) is 0.569. The number of likely N-dealkylation sites (tertiary alicyclic amines) is 1. The number of rotatable bonds is 5. The standard InChI is InChI=1S/C11H21N/c1-3-7-11(8-4-2)12-9-5-6-10-12/h3,11H,1,4-10H2,2H3. The van der Waals surface area contributed by atoms with Crippen LogP contribution in [0.1, 0.15) is 39.0 Å². The van der Waals surface area contributed by atoms with E-state index in [9.17, 15) is 0 Å². The van der Waals surface area contributed by atoms with Gasteiger partial charge in [-0.15, -0.1) is 6.58 Å². The zero-order chi connectivity index (χ0) is 8.81. The molecule has 1 heteroatoms. The molecule has 1 unspecified atom stereocenters. The molecule has 0 bridgehead atoms. The lowest BCUT2D eigenvalue weighted by Crippen LogP contribution is -2.32. The highest BCUT2D eigenvalue weighted by atomic mass is 15.2. The van der Waals surface area contributed by atoms with Crippen molar-refractivity contribution < 1.29 is 0 Å². The molecule has 70 valence electrons. The predicted octanol–water partition coefficient (Wildman–Crippen LogP) is 2.83. The summed E-state index contributed by atoms with van der Waals surface area (Å²) in [6.45, 7) is 8.73. The van der Waals surface area contributed by atoms with Crippen molar-refractivity contribution in [1.82, 2.24) is 4.90 Å². The van der Waals surface area contributed by atoms with Crippen LogP contribution in [0.3, 0.4) is 0 Å². The molecular weight excluding hydrogens is 146 g/mol. The first-order valence-corrected chi connectivity index (χ1v) is 5.23. The van der Waals surface area contributed by atoms with Gasteiger partial charge in [-0.1, -0.05) is 19.4 Å². The van der Waals surface area contributed by atoms with Crippen molar-refractivity contribution in [3.8, 4) is 0 Å². The Bertz CT molecular complexity index is 125. The van der Waals surface area contributed by atoms with Gasteiger partial charge in [0.15, 0.2) is 0 Å². The van der Waals surface area contributed by atoms with E-state index >= 15 is 0 Å². The van der Waals surface area contributed by atoms with Crippen molar-refractivity contribution in [2.45, 2.75) is 45.1 Å². The summed E-state index contributed by atoms with van der Waals surface area (Å²) >= 11 is 0. The maximum absolute atomic E-state index is 3.83. The second kappa shape index (κ2) is 5.36. The molecule has 0 N–H and O–H groups in total. The van der Waals surface area contributed by atoms with Crippen LogP contribution < -0.4 is 0 Å². The molecule has 1 aliphatic rings. The third-order valence-corrected chi connectivity index (χ3v) is 2.72. The van der Waals surface area contributed by atoms with Gasteiger partial charge in [0.1, 0.15) is 0 Å². The average Bonchev–Trinajstić information content (AvgIpc) is 2.56. The molecular formula is C11H21N. The number of hydrogen-bond donors (Lipinski definition) is 0. The maximum atomic E-state index is 3.83. The van der Waals surface area contributed by atoms with E-state index in [0.717, 1.165) is 6.04 Å². The summed E-state index contributed by atoms with van der Waals surface area (Å²) in [5, 5.41) is 0. The Morgan fingerprint density at radius 3 is 2.58 bits per heavy atom. The SMILES string of the molecule is C=CCC(CCC)N1CCCC1. The molecule has 0 amide bonds. The molecule has 0 spiro atoms. The van der Waals surface area contributed by atoms with Crippen LogP contribution in [0.2, 0.25) is 0 Å². The van der Waals surface area contributed by atoms with E-state index in [1.807, 2.05) is 0 Å². The van der Waals surface area contributed by atoms with E-state index in [4.69, 9.17) is 0 Å². The topological polar surface area (TPSA) is 3.24 Å². The molecule has 0 aromatic rings. The van der Waals surface area contributed by atoms with Crippen LogP contribution in [0.4, 0.5) is 0 Å². The van der Waals surface area contributed by atoms with Crippen LogP contribution in [0.5, 0.6) is 0 Å². The first-order chi connectivity index (χ1) is 5.88. The zero-order valence-electron chi connectivity index (χ0n) is 8.26. The Kier molecular flexibility index (Phi) is 4.37. The minimum Gasteiger partial charge on any atom is -0.300 e. The molecule has 0 radical (unpaired) electrons. The lowest BCUT2D eigenvalue weighted by Gasteiger charge is -2.25. The van der Waals surface area contributed by atoms with Crippen LogP contribution >= 0.6 is 0 Å². The molecule has 0 aromatic heterocycles. The van der Waals surface area contributed by atoms with Crippen molar-refractivity contribution in [3.63, 3.8) is 0 Å². The van der Waals surface area contributed by atoms with Crippen molar-refractivity contribution in [1.29, 1.82) is 0 Å². The Hall–Kier alpha value is -0.300. The van der Waals surface area contributed by atoms with Gasteiger partial charge in [-0.2, -0.15) is 0 Å². The summed E-state index contributed by atoms with van der Waals surface area (Å²) in [6, 6.07) is 0.787. The Morgan fingerprint density at radius 1 is 1.42 bits per heavy atom. The van der Waals surface area contributed by atoms with E-state index in [1.165, 1.54) is 45.2 Å². The number of nitrogens with zero attached hydrogens (tertiary/aromatic N) is 1. The minimum absolute atomic E-state index is 0.787. The largest absolute Gasteiger partial charge is 0.300 e. The van der Waals surface area contributed by atoms with Crippen molar-refractivity contribution >= 4 is 0 Å². The fourth-order valence-electron chi connectivity index (χ4n) is 2.08. The zero-order valence-corrected chi connectivity index (χ0v) is 8.26. The Labute approximate surface area is 76.5 Å². The fraction of sp³-hybridized carbons (Fsp3) is 0.818. The molecule has 1 atom stereocenters. The average molecular weight is 167 g/mol. The van der Waals surface area contributed by atoms with Crippen LogP contribution in [0.15, 0.2) is 12.7 Å². The lowest BCUT2D eigenvalue weighted by atomic mass is 10.1. The third kappa shape index (κ3) is 2.63. The van der Waals surface area contributed by atoms with E-state index in [0.29, 0.717) is 0 Å². The third-order valence-electron chi connectivity index (χ3n) is 2.72. The van der Waals surface area contributed by atoms with Crippen molar-refractivity contribution in [3.05, 3.63) is 12.7 Å². The molecule has 0 aliphatic carbocycles. The fourth-order valence-corrected chi connectivity index (χ4v) is 2.08. The minimum atomic E-state index is 0.787. The summed E-state index contributed by atoms with van der Waals surface area (Å²) in [6.07, 6.45) is 8.68. The van der Waals surface area contributed by atoms with Gasteiger partial charge in [0.2, 0.25) is 0 Å². The highest BCUT2D eigenvalue weighted by Crippen LogP contribution is 2.17. The van der Waals surface area contributed by atoms with Crippen LogP contribution in [0, 0.1) is 0 Å². The molecule has 0 aromatic carbocycles. The highest BCUT2D eigenvalue weighted by Gasteiger charge is 2.19. The number of hydrogen-bond acceptors (Lipinski definition) is 1. The van der Waals surface area contributed by atoms with Gasteiger partial charge in [0, 0.05) is 6.04 Å². The lowest BCUT2D eigenvalue weighted by molar-refractivity contribution is 0.230. The summed E-state index contributed by atoms with van der Waals surface area (Å²) in [5.74, 6) is 0. The van der Waals surface area contributed by atoms with Gasteiger partial charge in [-0.05, 0) is 38.8 Å². The second-order valence-corrected chi connectivity index (χ2v) is 3.71. The van der Waals surface area contributed by atoms with Crippen molar-refractivity contribution in [2.24, 2.45) is 0 Å². The summed E-state index contributed by atoms with van der Waals surface area (Å²) in [7, 11) is 0. The van der Waals surface area contributed by atoms with Gasteiger partial charge in [-0.25, -0.2) is 0 Å². The van der Waals surface area contributed by atoms with Gasteiger partial charge in [-0.3, -0.25) is 0 Å². The molecule has 1 rings (SSSR count). The van der Waals surface area contributed by atoms with E-state index in [2.05, 4.69) is 24.5 Å². The molecule has 12 heavy (non-hydrogen) atoms. The van der Waals surface area contributed by atoms with Crippen LogP contribution in [0.25, 0.3) is 0 Å². The summed E-state index contributed by atoms with van der Waals surface area (Å²) < 4.78 is 0. The van der Waals surface area contributed by atoms with E-state index in [-0.39, 0.29) is 0 Å². The van der Waals surface area contributed by atoms with Crippen LogP contribution in [-0.4, -0.2) is 24.0 Å². The Morgan fingerprint density at radius 2 is 2.08 bits per heavy atom. The summed E-state index contributed by atoms with van der Waals surface area (Å²) in [5.41, 5.74) is 0. The maximum Gasteiger partial charge on any atom is 0.0129 e.